The molecule has 1 aromatic heterocycles. The molecule has 1 fully saturated rings. The van der Waals surface area contributed by atoms with Gasteiger partial charge in [-0.05, 0) is 143 Å². The van der Waals surface area contributed by atoms with Gasteiger partial charge in [0, 0.05) is 113 Å². The number of fused-ring (bicyclic) bond motifs is 3. The lowest BCUT2D eigenvalue weighted by molar-refractivity contribution is -0.157. The highest BCUT2D eigenvalue weighted by molar-refractivity contribution is 7.09. The van der Waals surface area contributed by atoms with Crippen molar-refractivity contribution < 1.29 is 76.4 Å². The minimum absolute atomic E-state index is 0.0291. The number of carbonyl (C=O) groups excluding carboxylic acids is 11. The van der Waals surface area contributed by atoms with Gasteiger partial charge in [-0.15, -0.1) is 11.3 Å². The molecule has 1 saturated heterocycles. The number of aromatic nitrogens is 1. The number of alkyl carbamates (subject to hydrolysis) is 2. The Morgan fingerprint density at radius 3 is 1.90 bits per heavy atom. The van der Waals surface area contributed by atoms with Crippen LogP contribution in [-0.4, -0.2) is 169 Å². The zero-order chi connectivity index (χ0) is 83.6. The topological polar surface area (TPSA) is 339 Å². The van der Waals surface area contributed by atoms with Crippen LogP contribution in [0.4, 0.5) is 20.1 Å². The molecule has 4 aromatic carbocycles. The molecule has 8 amide bonds. The second-order valence-electron chi connectivity index (χ2n) is 32.8. The van der Waals surface area contributed by atoms with Crippen LogP contribution in [0, 0.1) is 41.4 Å². The summed E-state index contributed by atoms with van der Waals surface area (Å²) in [6.07, 6.45) is 2.55. The molecule has 2 heterocycles. The number of carbonyl (C=O) groups is 11. The van der Waals surface area contributed by atoms with Gasteiger partial charge in [-0.3, -0.25) is 38.4 Å². The molecular formula is C88H123N9O16S. The fourth-order valence-corrected chi connectivity index (χ4v) is 16.3. The number of Topliss-reactive ketones (excluding diaryl/α,β-unsaturated/α-hetero) is 3. The highest BCUT2D eigenvalue weighted by Crippen LogP contribution is 2.45. The number of nitrogens with two attached hydrogens (primary N) is 1. The predicted octanol–water partition coefficient (Wildman–Crippen LogP) is 13.4. The number of anilines is 1. The maximum Gasteiger partial charge on any atom is 0.408 e. The Labute approximate surface area is 677 Å². The van der Waals surface area contributed by atoms with Gasteiger partial charge in [0.2, 0.25) is 23.6 Å². The molecule has 11 atom stereocenters. The molecule has 622 valence electrons. The Balaban J connectivity index is 0.908. The van der Waals surface area contributed by atoms with E-state index in [1.54, 1.807) is 84.1 Å². The van der Waals surface area contributed by atoms with Crippen molar-refractivity contribution in [2.75, 3.05) is 52.8 Å². The Morgan fingerprint density at radius 2 is 1.31 bits per heavy atom. The van der Waals surface area contributed by atoms with Crippen molar-refractivity contribution >= 4 is 82.2 Å². The lowest BCUT2D eigenvalue weighted by Gasteiger charge is -2.41. The molecule has 0 radical (unpaired) electrons. The molecule has 0 bridgehead atoms. The van der Waals surface area contributed by atoms with Crippen LogP contribution >= 0.6 is 11.3 Å². The van der Waals surface area contributed by atoms with E-state index >= 15 is 0 Å². The minimum atomic E-state index is -1.49. The van der Waals surface area contributed by atoms with E-state index in [2.05, 4.69) is 55.8 Å². The minimum Gasteiger partial charge on any atom is -0.460 e. The van der Waals surface area contributed by atoms with E-state index in [0.29, 0.717) is 49.9 Å². The third-order valence-electron chi connectivity index (χ3n) is 22.1. The number of benzene rings is 4. The summed E-state index contributed by atoms with van der Waals surface area (Å²) in [5, 5.41) is 16.6. The first-order valence-electron chi connectivity index (χ1n) is 40.3. The predicted molar refractivity (Wildman–Crippen MR) is 439 cm³/mol. The third kappa shape index (κ3) is 26.9. The largest absolute Gasteiger partial charge is 0.460 e. The van der Waals surface area contributed by atoms with Gasteiger partial charge >= 0.3 is 24.2 Å². The van der Waals surface area contributed by atoms with E-state index in [4.69, 9.17) is 29.4 Å². The van der Waals surface area contributed by atoms with Crippen molar-refractivity contribution in [1.82, 2.24) is 36.1 Å². The second-order valence-corrected chi connectivity index (χ2v) is 33.7. The van der Waals surface area contributed by atoms with Crippen LogP contribution in [0.1, 0.15) is 206 Å². The fraction of sp³-hybridized carbons (Fsp3) is 0.568. The van der Waals surface area contributed by atoms with Gasteiger partial charge in [0.05, 0.1) is 53.7 Å². The summed E-state index contributed by atoms with van der Waals surface area (Å²) in [4.78, 5) is 161. The number of amides is 8. The molecule has 1 aliphatic carbocycles. The van der Waals surface area contributed by atoms with Crippen molar-refractivity contribution in [2.45, 2.75) is 233 Å². The van der Waals surface area contributed by atoms with Crippen LogP contribution in [0.3, 0.4) is 0 Å². The van der Waals surface area contributed by atoms with Crippen molar-refractivity contribution in [1.29, 1.82) is 0 Å². The number of nitrogens with one attached hydrogen (secondary N) is 5. The Kier molecular flexibility index (Phi) is 35.3. The summed E-state index contributed by atoms with van der Waals surface area (Å²) in [7, 11) is 4.80. The molecule has 114 heavy (non-hydrogen) atoms. The number of urea groups is 1. The van der Waals surface area contributed by atoms with E-state index in [-0.39, 0.29) is 125 Å². The zero-order valence-electron chi connectivity index (χ0n) is 69.3. The summed E-state index contributed by atoms with van der Waals surface area (Å²) < 4.78 is 29.2. The summed E-state index contributed by atoms with van der Waals surface area (Å²) in [6, 6.07) is 29.8. The molecule has 0 spiro atoms. The monoisotopic (exact) mass is 1590 g/mol. The van der Waals surface area contributed by atoms with Crippen LogP contribution in [0.2, 0.25) is 0 Å². The van der Waals surface area contributed by atoms with Crippen molar-refractivity contribution in [3.05, 3.63) is 142 Å². The number of ether oxygens (including phenoxy) is 5. The highest BCUT2D eigenvalue weighted by atomic mass is 32.1. The Hall–Kier alpha value is -9.40. The first-order valence-corrected chi connectivity index (χ1v) is 41.2. The average molecular weight is 1600 g/mol. The number of nitrogens with zero attached hydrogens (tertiary/aromatic N) is 3. The lowest BCUT2D eigenvalue weighted by Crippen LogP contribution is -2.55. The van der Waals surface area contributed by atoms with E-state index in [0.717, 1.165) is 39.2 Å². The molecule has 1 aliphatic heterocycles. The molecule has 2 aliphatic rings. The van der Waals surface area contributed by atoms with E-state index < -0.39 is 113 Å². The van der Waals surface area contributed by atoms with E-state index in [1.807, 2.05) is 99.5 Å². The molecule has 7 rings (SSSR count). The van der Waals surface area contributed by atoms with Crippen LogP contribution in [0.5, 0.6) is 0 Å². The number of ketones is 3. The summed E-state index contributed by atoms with van der Waals surface area (Å²) >= 11 is 1.53. The van der Waals surface area contributed by atoms with Gasteiger partial charge in [-0.25, -0.2) is 19.4 Å². The zero-order valence-corrected chi connectivity index (χ0v) is 70.2. The van der Waals surface area contributed by atoms with Crippen LogP contribution in [0.15, 0.2) is 115 Å². The van der Waals surface area contributed by atoms with Gasteiger partial charge < -0.3 is 65.8 Å². The van der Waals surface area contributed by atoms with Crippen LogP contribution in [0.25, 0.3) is 11.1 Å². The van der Waals surface area contributed by atoms with Gasteiger partial charge in [0.15, 0.2) is 11.6 Å². The van der Waals surface area contributed by atoms with Crippen molar-refractivity contribution in [3.8, 4) is 11.1 Å². The normalized spacial score (nSPS) is 16.1. The Bertz CT molecular complexity index is 3970. The van der Waals surface area contributed by atoms with E-state index in [1.165, 1.54) is 32.3 Å². The number of methoxy groups -OCH3 is 2. The van der Waals surface area contributed by atoms with E-state index in [9.17, 15) is 52.7 Å². The van der Waals surface area contributed by atoms with Crippen LogP contribution in [-0.2, 0) is 75.1 Å². The van der Waals surface area contributed by atoms with Crippen molar-refractivity contribution in [3.63, 3.8) is 0 Å². The van der Waals surface area contributed by atoms with Crippen molar-refractivity contribution in [2.24, 2.45) is 47.2 Å². The number of rotatable bonds is 45. The SMILES string of the molecule is CC[C@H](C)[C@@H]([C@@H](CC(=O)N1CCC[C@H]1[C@H](OC)[C@@H](C)C(=O)C[C@@H](Cc1ccccc1)c1nccs1)OC)N(C)C(=O)[C@@H](CC(=O)C(C)(C)NC(=O)OCc1ccc(NC(=O)[C@H](CCCNC(N)=O)CC(=O)[C@@H](NC(=O)[C@H](CCCCNC(=O)OCC2c3ccccc3-c3ccccc32)CC(=O)OC(C)(C)C)C(C)C)cc1)C(C)C. The standard InChI is InChI=1S/C88H123N9O16S/c1-16-56(6)78(73(109-14)51-75(101)97-44-27-36-70(97)79(110-15)57(7)71(98)48-62(82-90-43-45-114-82)46-58-28-18-17-19-29-58)96(13)83(105)68(54(2)3)50-74(100)88(11,12)95-86(108)111-52-59-37-39-63(40-38-59)93-80(103)60(31-26-42-91-84(89)106)47-72(99)77(55(4)5)94-81(104)61(49-76(102)113-87(8,9)10)30-24-25-41-92-85(107)112-53-69-66-34-22-20-32-64(66)65-33-21-23-35-67(65)69/h17-23,28-29,32-35,37-40,43,45,54-57,60-62,68-70,73,77-79H,16,24-27,30-31,36,41-42,44,46-53H2,1-15H3,(H,92,107)(H,93,103)(H,94,104)(H,95,108)(H3,89,91,106)/t56-,57-,60+,61+,62+,68-,70-,73+,77-,78-,79+/m0/s1. The average Bonchev–Trinajstić information content (AvgIpc) is 1.60. The first-order chi connectivity index (χ1) is 54.1. The number of hydrogen-bond donors (Lipinski definition) is 6. The number of esters is 1. The number of unbranched alkanes of at least 4 members (excludes halogenated alkanes) is 1. The highest BCUT2D eigenvalue weighted by Gasteiger charge is 2.45. The maximum absolute atomic E-state index is 14.9. The summed E-state index contributed by atoms with van der Waals surface area (Å²) in [5.41, 5.74) is 9.39. The quantitative estimate of drug-likeness (QED) is 0.0120. The molecule has 5 aromatic rings. The van der Waals surface area contributed by atoms with Crippen LogP contribution < -0.4 is 32.3 Å². The Morgan fingerprint density at radius 1 is 0.675 bits per heavy atom. The molecule has 0 saturated carbocycles. The molecule has 25 nitrogen and oxygen atoms in total. The molecular weight excluding hydrogens is 1470 g/mol. The maximum atomic E-state index is 14.9. The molecule has 26 heteroatoms. The van der Waals surface area contributed by atoms with Gasteiger partial charge in [-0.1, -0.05) is 152 Å². The summed E-state index contributed by atoms with van der Waals surface area (Å²) in [5.74, 6) is -7.35. The number of hydrogen-bond acceptors (Lipinski definition) is 18. The lowest BCUT2D eigenvalue weighted by atomic mass is 9.83. The number of likely N-dealkylation sites (tertiary alicyclic amines) is 1. The third-order valence-corrected chi connectivity index (χ3v) is 23.0. The molecule has 7 N–H and O–H groups in total. The van der Waals surface area contributed by atoms with Gasteiger partial charge in [0.1, 0.15) is 24.6 Å². The fourth-order valence-electron chi connectivity index (χ4n) is 15.5. The van der Waals surface area contributed by atoms with Gasteiger partial charge in [0.25, 0.3) is 0 Å². The second kappa shape index (κ2) is 43.9. The first kappa shape index (κ1) is 91.8. The number of primary amides is 1. The summed E-state index contributed by atoms with van der Waals surface area (Å²) in [6.45, 7) is 22.1. The number of thiazole rings is 1. The van der Waals surface area contributed by atoms with Gasteiger partial charge in [-0.2, -0.15) is 0 Å². The smallest absolute Gasteiger partial charge is 0.408 e. The number of likely N-dealkylation sites (N-methyl/N-ethyl adjacent to an activating group) is 1. The molecule has 0 unspecified atom stereocenters.